The van der Waals surface area contributed by atoms with Crippen LogP contribution in [0.15, 0.2) is 54.7 Å². The minimum absolute atomic E-state index is 0.175. The summed E-state index contributed by atoms with van der Waals surface area (Å²) in [6.45, 7) is 0. The van der Waals surface area contributed by atoms with Gasteiger partial charge in [-0.05, 0) is 30.3 Å². The molecular formula is C22H14ClF3N6O3. The third-order valence-electron chi connectivity index (χ3n) is 4.63. The number of halogens is 4. The molecule has 2 aromatic carbocycles. The highest BCUT2D eigenvalue weighted by atomic mass is 35.5. The number of ether oxygens (including phenoxy) is 1. The summed E-state index contributed by atoms with van der Waals surface area (Å²) in [4.78, 5) is 32.3. The average molecular weight is 503 g/mol. The van der Waals surface area contributed by atoms with Gasteiger partial charge in [0.1, 0.15) is 22.7 Å². The summed E-state index contributed by atoms with van der Waals surface area (Å²) < 4.78 is 44.9. The molecule has 0 aliphatic rings. The van der Waals surface area contributed by atoms with Gasteiger partial charge in [0.15, 0.2) is 0 Å². The maximum absolute atomic E-state index is 13.1. The largest absolute Gasteiger partial charge is 0.457 e. The van der Waals surface area contributed by atoms with Crippen LogP contribution in [0, 0.1) is 0 Å². The van der Waals surface area contributed by atoms with Crippen molar-refractivity contribution in [3.05, 3.63) is 76.6 Å². The van der Waals surface area contributed by atoms with Crippen molar-refractivity contribution in [1.29, 1.82) is 0 Å². The molecule has 0 radical (unpaired) electrons. The van der Waals surface area contributed by atoms with Crippen molar-refractivity contribution in [2.75, 3.05) is 12.4 Å². The summed E-state index contributed by atoms with van der Waals surface area (Å²) in [7, 11) is 1.48. The maximum atomic E-state index is 13.1. The SMILES string of the molecule is CNC(=O)c1cc(Oc2ccc3nc(NC(=O)c4cccc(C(F)(F)F)c4Cl)nnc3c2)ccn1. The molecule has 35 heavy (non-hydrogen) atoms. The lowest BCUT2D eigenvalue weighted by molar-refractivity contribution is -0.137. The van der Waals surface area contributed by atoms with Gasteiger partial charge >= 0.3 is 6.18 Å². The Balaban J connectivity index is 1.53. The van der Waals surface area contributed by atoms with Crippen LogP contribution in [-0.2, 0) is 6.18 Å². The first-order valence-electron chi connectivity index (χ1n) is 9.83. The van der Waals surface area contributed by atoms with E-state index in [0.717, 1.165) is 18.2 Å². The third-order valence-corrected chi connectivity index (χ3v) is 5.03. The van der Waals surface area contributed by atoms with Crippen molar-refractivity contribution < 1.29 is 27.5 Å². The quantitative estimate of drug-likeness (QED) is 0.412. The Labute approximate surface area is 200 Å². The van der Waals surface area contributed by atoms with E-state index in [1.54, 1.807) is 18.2 Å². The fourth-order valence-electron chi connectivity index (χ4n) is 2.99. The van der Waals surface area contributed by atoms with E-state index >= 15 is 0 Å². The molecule has 13 heteroatoms. The van der Waals surface area contributed by atoms with Gasteiger partial charge in [-0.1, -0.05) is 17.7 Å². The van der Waals surface area contributed by atoms with Crippen LogP contribution < -0.4 is 15.4 Å². The number of pyridine rings is 1. The van der Waals surface area contributed by atoms with E-state index in [0.29, 0.717) is 22.5 Å². The van der Waals surface area contributed by atoms with E-state index < -0.39 is 22.7 Å². The lowest BCUT2D eigenvalue weighted by Crippen LogP contribution is -2.18. The second kappa shape index (κ2) is 9.50. The highest BCUT2D eigenvalue weighted by Crippen LogP contribution is 2.36. The van der Waals surface area contributed by atoms with Crippen LogP contribution in [-0.4, -0.2) is 39.0 Å². The zero-order valence-corrected chi connectivity index (χ0v) is 18.5. The number of rotatable bonds is 5. The smallest absolute Gasteiger partial charge is 0.417 e. The number of amides is 2. The number of carbonyl (C=O) groups is 2. The molecule has 9 nitrogen and oxygen atoms in total. The number of aromatic nitrogens is 4. The molecule has 0 aliphatic carbocycles. The van der Waals surface area contributed by atoms with Gasteiger partial charge in [0, 0.05) is 25.4 Å². The molecular weight excluding hydrogens is 489 g/mol. The van der Waals surface area contributed by atoms with Crippen LogP contribution in [0.4, 0.5) is 19.1 Å². The number of nitrogens with zero attached hydrogens (tertiary/aromatic N) is 4. The summed E-state index contributed by atoms with van der Waals surface area (Å²) in [5.41, 5.74) is -0.693. The minimum atomic E-state index is -4.71. The molecule has 2 N–H and O–H groups in total. The molecule has 4 rings (SSSR count). The Kier molecular flexibility index (Phi) is 6.47. The number of carbonyl (C=O) groups excluding carboxylic acids is 2. The molecule has 178 valence electrons. The van der Waals surface area contributed by atoms with E-state index in [4.69, 9.17) is 16.3 Å². The first kappa shape index (κ1) is 23.8. The van der Waals surface area contributed by atoms with Crippen LogP contribution in [0.5, 0.6) is 11.5 Å². The topological polar surface area (TPSA) is 119 Å². The maximum Gasteiger partial charge on any atom is 0.417 e. The summed E-state index contributed by atoms with van der Waals surface area (Å²) >= 11 is 5.79. The number of anilines is 1. The van der Waals surface area contributed by atoms with Crippen molar-refractivity contribution in [3.63, 3.8) is 0 Å². The number of fused-ring (bicyclic) bond motifs is 1. The summed E-state index contributed by atoms with van der Waals surface area (Å²) in [5, 5.41) is 11.8. The molecule has 0 spiro atoms. The van der Waals surface area contributed by atoms with Crippen LogP contribution in [0.1, 0.15) is 26.4 Å². The standard InChI is InChI=1S/C22H14ClF3N6O3/c1-27-20(34)17-10-12(7-8-28-17)35-11-5-6-15-16(9-11)31-32-21(29-15)30-19(33)13-3-2-4-14(18(13)23)22(24,25)26/h2-10H,1H3,(H,27,34)(H,29,30,32,33). The number of alkyl halides is 3. The van der Waals surface area contributed by atoms with Crippen LogP contribution in [0.25, 0.3) is 11.0 Å². The van der Waals surface area contributed by atoms with Gasteiger partial charge in [-0.25, -0.2) is 4.98 Å². The Morgan fingerprint density at radius 1 is 0.971 bits per heavy atom. The molecule has 0 aliphatic heterocycles. The summed E-state index contributed by atoms with van der Waals surface area (Å²) in [6.07, 6.45) is -3.29. The van der Waals surface area contributed by atoms with Gasteiger partial charge in [0.2, 0.25) is 5.95 Å². The van der Waals surface area contributed by atoms with Gasteiger partial charge in [-0.15, -0.1) is 10.2 Å². The lowest BCUT2D eigenvalue weighted by Gasteiger charge is -2.12. The highest BCUT2D eigenvalue weighted by Gasteiger charge is 2.34. The van der Waals surface area contributed by atoms with Crippen LogP contribution in [0.3, 0.4) is 0 Å². The highest BCUT2D eigenvalue weighted by molar-refractivity contribution is 6.35. The number of benzene rings is 2. The van der Waals surface area contributed by atoms with E-state index in [1.165, 1.54) is 25.4 Å². The van der Waals surface area contributed by atoms with Crippen molar-refractivity contribution in [2.45, 2.75) is 6.18 Å². The van der Waals surface area contributed by atoms with Gasteiger partial charge in [0.05, 0.1) is 21.7 Å². The molecule has 0 bridgehead atoms. The molecule has 0 saturated carbocycles. The summed E-state index contributed by atoms with van der Waals surface area (Å²) in [5.74, 6) is -0.790. The average Bonchev–Trinajstić information content (AvgIpc) is 2.83. The van der Waals surface area contributed by atoms with Crippen molar-refractivity contribution in [1.82, 2.24) is 25.5 Å². The predicted molar refractivity (Wildman–Crippen MR) is 119 cm³/mol. The van der Waals surface area contributed by atoms with Gasteiger partial charge in [-0.3, -0.25) is 19.9 Å². The zero-order chi connectivity index (χ0) is 25.2. The van der Waals surface area contributed by atoms with Gasteiger partial charge < -0.3 is 10.1 Å². The third kappa shape index (κ3) is 5.27. The van der Waals surface area contributed by atoms with Crippen molar-refractivity contribution >= 4 is 40.4 Å². The minimum Gasteiger partial charge on any atom is -0.457 e. The summed E-state index contributed by atoms with van der Waals surface area (Å²) in [6, 6.07) is 10.7. The zero-order valence-electron chi connectivity index (χ0n) is 17.7. The molecule has 2 aromatic heterocycles. The molecule has 0 unspecified atom stereocenters. The molecule has 2 heterocycles. The molecule has 0 fully saturated rings. The molecule has 2 amide bonds. The van der Waals surface area contributed by atoms with E-state index in [-0.39, 0.29) is 23.1 Å². The molecule has 0 atom stereocenters. The van der Waals surface area contributed by atoms with Crippen LogP contribution >= 0.6 is 11.6 Å². The second-order valence-electron chi connectivity index (χ2n) is 6.96. The Morgan fingerprint density at radius 2 is 1.74 bits per heavy atom. The van der Waals surface area contributed by atoms with E-state index in [1.807, 2.05) is 0 Å². The first-order chi connectivity index (χ1) is 16.7. The number of hydrogen-bond donors (Lipinski definition) is 2. The lowest BCUT2D eigenvalue weighted by atomic mass is 10.1. The monoisotopic (exact) mass is 502 g/mol. The Bertz CT molecular complexity index is 1450. The fraction of sp³-hybridized carbons (Fsp3) is 0.0909. The Morgan fingerprint density at radius 3 is 2.49 bits per heavy atom. The molecule has 0 saturated heterocycles. The fourth-order valence-corrected chi connectivity index (χ4v) is 3.31. The van der Waals surface area contributed by atoms with Crippen molar-refractivity contribution in [2.24, 2.45) is 0 Å². The van der Waals surface area contributed by atoms with Gasteiger partial charge in [0.25, 0.3) is 11.8 Å². The van der Waals surface area contributed by atoms with E-state index in [9.17, 15) is 22.8 Å². The second-order valence-corrected chi connectivity index (χ2v) is 7.34. The van der Waals surface area contributed by atoms with Crippen molar-refractivity contribution in [3.8, 4) is 11.5 Å². The Hall–Kier alpha value is -4.32. The first-order valence-corrected chi connectivity index (χ1v) is 10.2. The normalized spacial score (nSPS) is 11.2. The molecule has 4 aromatic rings. The van der Waals surface area contributed by atoms with Gasteiger partial charge in [-0.2, -0.15) is 13.2 Å². The number of nitrogens with one attached hydrogen (secondary N) is 2. The van der Waals surface area contributed by atoms with Crippen LogP contribution in [0.2, 0.25) is 5.02 Å². The van der Waals surface area contributed by atoms with E-state index in [2.05, 4.69) is 30.8 Å². The predicted octanol–water partition coefficient (Wildman–Crippen LogP) is 4.50. The number of hydrogen-bond acceptors (Lipinski definition) is 7.